The lowest BCUT2D eigenvalue weighted by Crippen LogP contribution is -2.29. The average Bonchev–Trinajstić information content (AvgIpc) is 2.44. The van der Waals surface area contributed by atoms with E-state index in [-0.39, 0.29) is 6.61 Å². The lowest BCUT2D eigenvalue weighted by Gasteiger charge is -2.12. The predicted molar refractivity (Wildman–Crippen MR) is 82.9 cm³/mol. The van der Waals surface area contributed by atoms with Crippen LogP contribution >= 0.6 is 34.8 Å². The molecule has 0 bridgehead atoms. The summed E-state index contributed by atoms with van der Waals surface area (Å²) in [6.07, 6.45) is -0.0368. The van der Waals surface area contributed by atoms with Gasteiger partial charge in [-0.05, 0) is 24.1 Å². The van der Waals surface area contributed by atoms with Crippen molar-refractivity contribution in [2.24, 2.45) is 0 Å². The monoisotopic (exact) mass is 355 g/mol. The van der Waals surface area contributed by atoms with Crippen LogP contribution in [-0.4, -0.2) is 37.3 Å². The number of methoxy groups -OCH3 is 2. The average molecular weight is 357 g/mol. The predicted octanol–water partition coefficient (Wildman–Crippen LogP) is 3.34. The van der Waals surface area contributed by atoms with Crippen LogP contribution in [0.15, 0.2) is 18.2 Å². The van der Waals surface area contributed by atoms with E-state index >= 15 is 0 Å². The minimum Gasteiger partial charge on any atom is -0.493 e. The Balaban J connectivity index is 2.40. The topological polar surface area (TPSA) is 56.8 Å². The number of alkyl halides is 3. The molecule has 5 nitrogen and oxygen atoms in total. The summed E-state index contributed by atoms with van der Waals surface area (Å²) in [6.45, 7) is 0.0774. The first-order valence-corrected chi connectivity index (χ1v) is 7.17. The fraction of sp³-hybridized carbons (Fsp3) is 0.462. The van der Waals surface area contributed by atoms with E-state index in [1.807, 2.05) is 12.1 Å². The van der Waals surface area contributed by atoms with Crippen LogP contribution in [0.2, 0.25) is 0 Å². The third kappa shape index (κ3) is 6.98. The van der Waals surface area contributed by atoms with Gasteiger partial charge in [-0.25, -0.2) is 4.79 Å². The molecule has 1 amide bonds. The quantitative estimate of drug-likeness (QED) is 0.794. The van der Waals surface area contributed by atoms with Crippen LogP contribution < -0.4 is 14.8 Å². The summed E-state index contributed by atoms with van der Waals surface area (Å²) in [5, 5.41) is 2.56. The number of carbonyl (C=O) groups excluding carboxylic acids is 1. The number of amides is 1. The summed E-state index contributed by atoms with van der Waals surface area (Å²) >= 11 is 16.4. The molecule has 0 aliphatic carbocycles. The van der Waals surface area contributed by atoms with Gasteiger partial charge in [0.1, 0.15) is 6.61 Å². The lowest BCUT2D eigenvalue weighted by atomic mass is 10.1. The van der Waals surface area contributed by atoms with Gasteiger partial charge >= 0.3 is 6.09 Å². The van der Waals surface area contributed by atoms with Crippen LogP contribution in [0, 0.1) is 0 Å². The molecule has 0 spiro atoms. The minimum absolute atomic E-state index is 0.306. The summed E-state index contributed by atoms with van der Waals surface area (Å²) < 4.78 is 13.5. The molecular formula is C13H16Cl3NO4. The number of hydrogen-bond acceptors (Lipinski definition) is 4. The Morgan fingerprint density at radius 1 is 1.19 bits per heavy atom. The Hall–Kier alpha value is -1.04. The first kappa shape index (κ1) is 18.0. The maximum absolute atomic E-state index is 11.3. The van der Waals surface area contributed by atoms with Gasteiger partial charge in [-0.2, -0.15) is 0 Å². The van der Waals surface area contributed by atoms with Crippen molar-refractivity contribution in [3.63, 3.8) is 0 Å². The van der Waals surface area contributed by atoms with Crippen molar-refractivity contribution in [2.75, 3.05) is 27.4 Å². The molecule has 8 heteroatoms. The van der Waals surface area contributed by atoms with E-state index in [0.717, 1.165) is 5.56 Å². The van der Waals surface area contributed by atoms with E-state index in [0.29, 0.717) is 24.5 Å². The minimum atomic E-state index is -1.61. The van der Waals surface area contributed by atoms with Gasteiger partial charge in [0.2, 0.25) is 3.79 Å². The Bertz CT molecular complexity index is 477. The molecule has 0 heterocycles. The second-order valence-corrected chi connectivity index (χ2v) is 6.57. The van der Waals surface area contributed by atoms with E-state index in [4.69, 9.17) is 49.0 Å². The van der Waals surface area contributed by atoms with Gasteiger partial charge in [0, 0.05) is 6.54 Å². The summed E-state index contributed by atoms with van der Waals surface area (Å²) in [6, 6.07) is 5.53. The van der Waals surface area contributed by atoms with Crippen molar-refractivity contribution in [2.45, 2.75) is 10.2 Å². The van der Waals surface area contributed by atoms with Crippen LogP contribution in [0.1, 0.15) is 5.56 Å². The van der Waals surface area contributed by atoms with Crippen LogP contribution in [0.4, 0.5) is 4.79 Å². The number of nitrogens with one attached hydrogen (secondary N) is 1. The number of benzene rings is 1. The van der Waals surface area contributed by atoms with Crippen molar-refractivity contribution >= 4 is 40.9 Å². The van der Waals surface area contributed by atoms with Gasteiger partial charge in [0.25, 0.3) is 0 Å². The van der Waals surface area contributed by atoms with Crippen molar-refractivity contribution in [1.82, 2.24) is 5.32 Å². The molecule has 0 aliphatic heterocycles. The van der Waals surface area contributed by atoms with Crippen LogP contribution in [-0.2, 0) is 11.2 Å². The van der Waals surface area contributed by atoms with Crippen LogP contribution in [0.5, 0.6) is 11.5 Å². The third-order valence-corrected chi connectivity index (χ3v) is 2.83. The maximum atomic E-state index is 11.3. The number of carbonyl (C=O) groups is 1. The smallest absolute Gasteiger partial charge is 0.407 e. The Morgan fingerprint density at radius 3 is 2.43 bits per heavy atom. The molecule has 1 aromatic rings. The molecule has 21 heavy (non-hydrogen) atoms. The van der Waals surface area contributed by atoms with Gasteiger partial charge < -0.3 is 19.5 Å². The fourth-order valence-corrected chi connectivity index (χ4v) is 1.71. The molecule has 0 atom stereocenters. The second-order valence-electron chi connectivity index (χ2n) is 4.06. The molecule has 0 fully saturated rings. The highest BCUT2D eigenvalue weighted by Crippen LogP contribution is 2.27. The van der Waals surface area contributed by atoms with E-state index < -0.39 is 9.89 Å². The SMILES string of the molecule is COc1ccc(CCNC(=O)OCC(Cl)(Cl)Cl)cc1OC. The van der Waals surface area contributed by atoms with Gasteiger partial charge in [-0.3, -0.25) is 0 Å². The molecule has 0 aliphatic rings. The fourth-order valence-electron chi connectivity index (χ4n) is 1.54. The highest BCUT2D eigenvalue weighted by molar-refractivity contribution is 6.67. The molecule has 1 aromatic carbocycles. The highest BCUT2D eigenvalue weighted by Gasteiger charge is 2.21. The van der Waals surface area contributed by atoms with Gasteiger partial charge in [-0.1, -0.05) is 40.9 Å². The standard InChI is InChI=1S/C13H16Cl3NO4/c1-19-10-4-3-9(7-11(10)20-2)5-6-17-12(18)21-8-13(14,15)16/h3-4,7H,5-6,8H2,1-2H3,(H,17,18). The summed E-state index contributed by atoms with van der Waals surface area (Å²) in [4.78, 5) is 11.3. The van der Waals surface area contributed by atoms with Gasteiger partial charge in [0.05, 0.1) is 14.2 Å². The zero-order valence-electron chi connectivity index (χ0n) is 11.6. The number of ether oxygens (including phenoxy) is 3. The Morgan fingerprint density at radius 2 is 1.86 bits per heavy atom. The number of rotatable bonds is 6. The van der Waals surface area contributed by atoms with Crippen molar-refractivity contribution in [3.05, 3.63) is 23.8 Å². The van der Waals surface area contributed by atoms with Crippen molar-refractivity contribution in [3.8, 4) is 11.5 Å². The third-order valence-electron chi connectivity index (χ3n) is 2.50. The van der Waals surface area contributed by atoms with E-state index in [1.165, 1.54) is 0 Å². The van der Waals surface area contributed by atoms with Crippen molar-refractivity contribution < 1.29 is 19.0 Å². The summed E-state index contributed by atoms with van der Waals surface area (Å²) in [5.41, 5.74) is 0.981. The second kappa shape index (κ2) is 8.41. The summed E-state index contributed by atoms with van der Waals surface area (Å²) in [7, 11) is 3.13. The maximum Gasteiger partial charge on any atom is 0.407 e. The van der Waals surface area contributed by atoms with Crippen LogP contribution in [0.3, 0.4) is 0 Å². The van der Waals surface area contributed by atoms with Crippen molar-refractivity contribution in [1.29, 1.82) is 0 Å². The zero-order chi connectivity index (χ0) is 15.9. The normalized spacial score (nSPS) is 10.9. The number of halogens is 3. The molecular weight excluding hydrogens is 341 g/mol. The highest BCUT2D eigenvalue weighted by atomic mass is 35.6. The molecule has 0 saturated heterocycles. The first-order valence-electron chi connectivity index (χ1n) is 6.04. The van der Waals surface area contributed by atoms with Gasteiger partial charge in [-0.15, -0.1) is 0 Å². The molecule has 0 aromatic heterocycles. The Labute approximate surface area is 138 Å². The van der Waals surface area contributed by atoms with Crippen LogP contribution in [0.25, 0.3) is 0 Å². The molecule has 1 rings (SSSR count). The molecule has 1 N–H and O–H groups in total. The molecule has 0 unspecified atom stereocenters. The van der Waals surface area contributed by atoms with E-state index in [2.05, 4.69) is 5.32 Å². The first-order chi connectivity index (χ1) is 9.85. The largest absolute Gasteiger partial charge is 0.493 e. The zero-order valence-corrected chi connectivity index (χ0v) is 13.9. The Kier molecular flexibility index (Phi) is 7.22. The van der Waals surface area contributed by atoms with E-state index in [9.17, 15) is 4.79 Å². The molecule has 0 radical (unpaired) electrons. The molecule has 118 valence electrons. The number of hydrogen-bond donors (Lipinski definition) is 1. The summed E-state index contributed by atoms with van der Waals surface area (Å²) in [5.74, 6) is 1.28. The molecule has 0 saturated carbocycles. The van der Waals surface area contributed by atoms with E-state index in [1.54, 1.807) is 20.3 Å². The van der Waals surface area contributed by atoms with Gasteiger partial charge in [0.15, 0.2) is 11.5 Å². The number of alkyl carbamates (subject to hydrolysis) is 1. The lowest BCUT2D eigenvalue weighted by molar-refractivity contribution is 0.148.